The van der Waals surface area contributed by atoms with E-state index in [0.717, 1.165) is 68.7 Å². The predicted molar refractivity (Wildman–Crippen MR) is 150 cm³/mol. The lowest BCUT2D eigenvalue weighted by Crippen LogP contribution is -2.36. The number of carbonyl (C=O) groups excluding carboxylic acids is 1. The second-order valence-corrected chi connectivity index (χ2v) is 11.3. The molecule has 2 atom stereocenters. The molecule has 2 aliphatic heterocycles. The number of rotatable bonds is 10. The van der Waals surface area contributed by atoms with Gasteiger partial charge in [0.25, 0.3) is 0 Å². The van der Waals surface area contributed by atoms with E-state index >= 15 is 0 Å². The molecule has 4 heterocycles. The first kappa shape index (κ1) is 26.3. The largest absolute Gasteiger partial charge is 0.491 e. The molecule has 10 nitrogen and oxygen atoms in total. The zero-order valence-electron chi connectivity index (χ0n) is 22.0. The number of para-hydroxylation sites is 1. The Morgan fingerprint density at radius 3 is 2.79 bits per heavy atom. The second kappa shape index (κ2) is 12.5. The number of hydrogen-bond acceptors (Lipinski definition) is 10. The monoisotopic (exact) mass is 536 g/mol. The van der Waals surface area contributed by atoms with Gasteiger partial charge in [0.15, 0.2) is 5.82 Å². The fraction of sp³-hybridized carbons (Fsp3) is 0.519. The van der Waals surface area contributed by atoms with Gasteiger partial charge in [-0.1, -0.05) is 29.5 Å². The maximum Gasteiger partial charge on any atom is 0.226 e. The minimum atomic E-state index is -0.00205. The van der Waals surface area contributed by atoms with E-state index in [4.69, 9.17) is 4.74 Å². The molecule has 38 heavy (non-hydrogen) atoms. The fourth-order valence-corrected chi connectivity index (χ4v) is 5.93. The topological polar surface area (TPSA) is 108 Å². The molecular formula is C27H36N8O2S. The molecule has 0 radical (unpaired) electrons. The molecule has 2 aliphatic rings. The first-order valence-electron chi connectivity index (χ1n) is 13.4. The zero-order chi connectivity index (χ0) is 26.3. The molecule has 0 saturated carbocycles. The molecule has 11 heteroatoms. The van der Waals surface area contributed by atoms with Crippen LogP contribution in [0.3, 0.4) is 0 Å². The van der Waals surface area contributed by atoms with Crippen LogP contribution in [-0.4, -0.2) is 69.5 Å². The van der Waals surface area contributed by atoms with Crippen LogP contribution in [0.1, 0.15) is 45.1 Å². The summed E-state index contributed by atoms with van der Waals surface area (Å²) < 4.78 is 6.00. The number of hydrogen-bond donors (Lipinski definition) is 2. The van der Waals surface area contributed by atoms with Crippen molar-refractivity contribution in [1.29, 1.82) is 0 Å². The Hall–Kier alpha value is -3.31. The van der Waals surface area contributed by atoms with Crippen molar-refractivity contribution in [3.63, 3.8) is 0 Å². The zero-order valence-corrected chi connectivity index (χ0v) is 22.9. The Morgan fingerprint density at radius 2 is 1.95 bits per heavy atom. The van der Waals surface area contributed by atoms with Gasteiger partial charge in [-0.2, -0.15) is 5.10 Å². The third-order valence-corrected chi connectivity index (χ3v) is 7.65. The highest BCUT2D eigenvalue weighted by Crippen LogP contribution is 2.27. The molecule has 0 bridgehead atoms. The van der Waals surface area contributed by atoms with Crippen molar-refractivity contribution in [2.45, 2.75) is 58.2 Å². The van der Waals surface area contributed by atoms with Gasteiger partial charge in [-0.15, -0.1) is 15.3 Å². The molecule has 0 spiro atoms. The minimum absolute atomic E-state index is 0.00205. The highest BCUT2D eigenvalue weighted by molar-refractivity contribution is 7.19. The number of piperidine rings is 1. The van der Waals surface area contributed by atoms with E-state index < -0.39 is 0 Å². The molecule has 3 aromatic rings. The fourth-order valence-electron chi connectivity index (χ4n) is 5.19. The van der Waals surface area contributed by atoms with Crippen molar-refractivity contribution >= 4 is 33.3 Å². The number of nitrogens with zero attached hydrogens (tertiary/aromatic N) is 6. The Labute approximate surface area is 227 Å². The molecule has 5 rings (SSSR count). The maximum atomic E-state index is 12.8. The van der Waals surface area contributed by atoms with E-state index in [1.54, 1.807) is 6.20 Å². The molecule has 0 unspecified atom stereocenters. The Morgan fingerprint density at radius 1 is 1.08 bits per heavy atom. The molecule has 1 aromatic carbocycles. The van der Waals surface area contributed by atoms with Crippen molar-refractivity contribution in [1.82, 2.24) is 25.3 Å². The molecule has 2 N–H and O–H groups in total. The molecule has 0 aliphatic carbocycles. The lowest BCUT2D eigenvalue weighted by Gasteiger charge is -2.33. The van der Waals surface area contributed by atoms with Gasteiger partial charge in [-0.25, -0.2) is 0 Å². The SMILES string of the molecule is CC(C)Oc1ccccc1CN1CCC[C@@H](CC(=O)Nc2nnc(N[C@@H]3CCN(c4cccnn4)C3)s2)C1. The average Bonchev–Trinajstić information content (AvgIpc) is 3.55. The highest BCUT2D eigenvalue weighted by Gasteiger charge is 2.26. The molecular weight excluding hydrogens is 500 g/mol. The quantitative estimate of drug-likeness (QED) is 0.397. The van der Waals surface area contributed by atoms with Gasteiger partial charge >= 0.3 is 0 Å². The lowest BCUT2D eigenvalue weighted by atomic mass is 9.94. The number of nitrogens with one attached hydrogen (secondary N) is 2. The van der Waals surface area contributed by atoms with Crippen LogP contribution in [0, 0.1) is 5.92 Å². The van der Waals surface area contributed by atoms with Gasteiger partial charge in [0.1, 0.15) is 5.75 Å². The second-order valence-electron chi connectivity index (χ2n) is 10.3. The summed E-state index contributed by atoms with van der Waals surface area (Å²) >= 11 is 1.38. The number of ether oxygens (including phenoxy) is 1. The van der Waals surface area contributed by atoms with Crippen LogP contribution in [0.25, 0.3) is 0 Å². The number of aromatic nitrogens is 4. The number of carbonyl (C=O) groups is 1. The van der Waals surface area contributed by atoms with Gasteiger partial charge in [-0.3, -0.25) is 9.69 Å². The average molecular weight is 537 g/mol. The summed E-state index contributed by atoms with van der Waals surface area (Å²) in [5.74, 6) is 2.15. The Bertz CT molecular complexity index is 1190. The third-order valence-electron chi connectivity index (χ3n) is 6.88. The Balaban J connectivity index is 1.08. The summed E-state index contributed by atoms with van der Waals surface area (Å²) in [6.45, 7) is 8.60. The number of anilines is 3. The van der Waals surface area contributed by atoms with Gasteiger partial charge < -0.3 is 20.3 Å². The van der Waals surface area contributed by atoms with Crippen molar-refractivity contribution in [2.75, 3.05) is 41.7 Å². The maximum absolute atomic E-state index is 12.8. The first-order valence-corrected chi connectivity index (χ1v) is 14.2. The summed E-state index contributed by atoms with van der Waals surface area (Å²) in [6, 6.07) is 12.4. The van der Waals surface area contributed by atoms with Crippen LogP contribution in [-0.2, 0) is 11.3 Å². The van der Waals surface area contributed by atoms with Crippen molar-refractivity contribution in [3.05, 3.63) is 48.2 Å². The number of likely N-dealkylation sites (tertiary alicyclic amines) is 1. The first-order chi connectivity index (χ1) is 18.5. The summed E-state index contributed by atoms with van der Waals surface area (Å²) in [5, 5.41) is 24.3. The van der Waals surface area contributed by atoms with Crippen molar-refractivity contribution in [2.24, 2.45) is 5.92 Å². The molecule has 202 valence electrons. The van der Waals surface area contributed by atoms with E-state index in [9.17, 15) is 4.79 Å². The summed E-state index contributed by atoms with van der Waals surface area (Å²) in [7, 11) is 0. The van der Waals surface area contributed by atoms with Gasteiger partial charge in [0.2, 0.25) is 16.2 Å². The third kappa shape index (κ3) is 7.16. The number of amides is 1. The van der Waals surface area contributed by atoms with Crippen LogP contribution in [0.4, 0.5) is 16.1 Å². The molecule has 1 amide bonds. The number of benzene rings is 1. The smallest absolute Gasteiger partial charge is 0.226 e. The van der Waals surface area contributed by atoms with Gasteiger partial charge in [0.05, 0.1) is 6.10 Å². The molecule has 2 saturated heterocycles. The molecule has 2 fully saturated rings. The normalized spacial score (nSPS) is 20.0. The van der Waals surface area contributed by atoms with Gasteiger partial charge in [0, 0.05) is 50.4 Å². The van der Waals surface area contributed by atoms with Crippen LogP contribution < -0.4 is 20.3 Å². The van der Waals surface area contributed by atoms with Crippen molar-refractivity contribution < 1.29 is 9.53 Å². The van der Waals surface area contributed by atoms with E-state index in [-0.39, 0.29) is 18.1 Å². The lowest BCUT2D eigenvalue weighted by molar-refractivity contribution is -0.117. The Kier molecular flexibility index (Phi) is 8.65. The van der Waals surface area contributed by atoms with Crippen LogP contribution in [0.15, 0.2) is 42.6 Å². The summed E-state index contributed by atoms with van der Waals surface area (Å²) in [6.07, 6.45) is 5.43. The van der Waals surface area contributed by atoms with E-state index in [1.807, 2.05) is 38.1 Å². The van der Waals surface area contributed by atoms with E-state index in [0.29, 0.717) is 17.5 Å². The van der Waals surface area contributed by atoms with E-state index in [1.165, 1.54) is 16.9 Å². The summed E-state index contributed by atoms with van der Waals surface area (Å²) in [4.78, 5) is 17.5. The van der Waals surface area contributed by atoms with Crippen LogP contribution >= 0.6 is 11.3 Å². The predicted octanol–water partition coefficient (Wildman–Crippen LogP) is 4.05. The standard InChI is InChI=1S/C27H36N8O2S/c1-19(2)37-23-9-4-3-8-21(23)17-34-13-6-7-20(16-34)15-25(36)30-27-33-32-26(38-27)29-22-11-14-35(18-22)24-10-5-12-28-31-24/h3-5,8-10,12,19-20,22H,6-7,11,13-18H2,1-2H3,(H,29,32)(H,30,33,36)/t20-,22+/m0/s1. The summed E-state index contributed by atoms with van der Waals surface area (Å²) in [5.41, 5.74) is 1.20. The van der Waals surface area contributed by atoms with Crippen LogP contribution in [0.5, 0.6) is 5.75 Å². The minimum Gasteiger partial charge on any atom is -0.491 e. The van der Waals surface area contributed by atoms with Crippen molar-refractivity contribution in [3.8, 4) is 5.75 Å². The molecule has 2 aromatic heterocycles. The van der Waals surface area contributed by atoms with E-state index in [2.05, 4.69) is 53.0 Å². The van der Waals surface area contributed by atoms with Gasteiger partial charge in [-0.05, 0) is 63.8 Å². The highest BCUT2D eigenvalue weighted by atomic mass is 32.1. The van der Waals surface area contributed by atoms with Crippen LogP contribution in [0.2, 0.25) is 0 Å².